The summed E-state index contributed by atoms with van der Waals surface area (Å²) < 4.78 is 0. The molecule has 0 aliphatic rings. The van der Waals surface area contributed by atoms with Crippen LogP contribution in [0.2, 0.25) is 0 Å². The van der Waals surface area contributed by atoms with Gasteiger partial charge in [0.1, 0.15) is 0 Å². The van der Waals surface area contributed by atoms with Crippen molar-refractivity contribution in [2.24, 2.45) is 11.8 Å². The standard InChI is InChI=1S/C18H24N2/c1-14(2)10-17-7-4-8-18(20-17)12-15(3)11-16-6-5-9-19-13-16/h4-9,13-15H,10-12H2,1-3H3. The molecule has 0 saturated heterocycles. The predicted molar refractivity (Wildman–Crippen MR) is 83.6 cm³/mol. The lowest BCUT2D eigenvalue weighted by Gasteiger charge is -2.12. The van der Waals surface area contributed by atoms with Gasteiger partial charge in [0.2, 0.25) is 0 Å². The molecule has 0 aliphatic carbocycles. The summed E-state index contributed by atoms with van der Waals surface area (Å²) in [6, 6.07) is 10.6. The van der Waals surface area contributed by atoms with Crippen molar-refractivity contribution in [2.45, 2.75) is 40.0 Å². The second-order valence-electron chi connectivity index (χ2n) is 6.09. The Hall–Kier alpha value is -1.70. The van der Waals surface area contributed by atoms with Crippen molar-refractivity contribution in [2.75, 3.05) is 0 Å². The molecule has 0 aromatic carbocycles. The van der Waals surface area contributed by atoms with Crippen LogP contribution in [-0.2, 0) is 19.3 Å². The fourth-order valence-corrected chi connectivity index (χ4v) is 2.53. The number of pyridine rings is 2. The summed E-state index contributed by atoms with van der Waals surface area (Å²) in [5, 5.41) is 0. The van der Waals surface area contributed by atoms with Crippen molar-refractivity contribution >= 4 is 0 Å². The van der Waals surface area contributed by atoms with Gasteiger partial charge in [0, 0.05) is 23.8 Å². The second-order valence-corrected chi connectivity index (χ2v) is 6.09. The molecule has 0 aliphatic heterocycles. The zero-order valence-corrected chi connectivity index (χ0v) is 12.7. The number of hydrogen-bond donors (Lipinski definition) is 0. The van der Waals surface area contributed by atoms with Gasteiger partial charge < -0.3 is 0 Å². The normalized spacial score (nSPS) is 12.6. The van der Waals surface area contributed by atoms with Gasteiger partial charge in [0.15, 0.2) is 0 Å². The molecule has 1 unspecified atom stereocenters. The summed E-state index contributed by atoms with van der Waals surface area (Å²) in [4.78, 5) is 8.95. The van der Waals surface area contributed by atoms with Crippen LogP contribution in [0.1, 0.15) is 37.7 Å². The zero-order valence-electron chi connectivity index (χ0n) is 12.7. The Morgan fingerprint density at radius 1 is 0.900 bits per heavy atom. The minimum atomic E-state index is 0.584. The molecule has 106 valence electrons. The van der Waals surface area contributed by atoms with Gasteiger partial charge >= 0.3 is 0 Å². The summed E-state index contributed by atoms with van der Waals surface area (Å²) >= 11 is 0. The molecule has 0 N–H and O–H groups in total. The van der Waals surface area contributed by atoms with Crippen molar-refractivity contribution in [3.05, 3.63) is 59.7 Å². The van der Waals surface area contributed by atoms with Crippen LogP contribution in [0.4, 0.5) is 0 Å². The van der Waals surface area contributed by atoms with Crippen molar-refractivity contribution in [1.82, 2.24) is 9.97 Å². The van der Waals surface area contributed by atoms with Gasteiger partial charge in [0.05, 0.1) is 0 Å². The molecular weight excluding hydrogens is 244 g/mol. The second kappa shape index (κ2) is 7.18. The van der Waals surface area contributed by atoms with E-state index in [4.69, 9.17) is 4.98 Å². The van der Waals surface area contributed by atoms with E-state index in [1.807, 2.05) is 18.5 Å². The van der Waals surface area contributed by atoms with Crippen LogP contribution in [0, 0.1) is 11.8 Å². The van der Waals surface area contributed by atoms with E-state index >= 15 is 0 Å². The summed E-state index contributed by atoms with van der Waals surface area (Å²) in [5.41, 5.74) is 3.73. The number of aromatic nitrogens is 2. The lowest BCUT2D eigenvalue weighted by atomic mass is 9.97. The zero-order chi connectivity index (χ0) is 14.4. The molecule has 0 fully saturated rings. The minimum Gasteiger partial charge on any atom is -0.264 e. The van der Waals surface area contributed by atoms with E-state index in [0.29, 0.717) is 11.8 Å². The fourth-order valence-electron chi connectivity index (χ4n) is 2.53. The summed E-state index contributed by atoms with van der Waals surface area (Å²) in [5.74, 6) is 1.24. The van der Waals surface area contributed by atoms with Crippen LogP contribution >= 0.6 is 0 Å². The van der Waals surface area contributed by atoms with Gasteiger partial charge in [-0.1, -0.05) is 32.9 Å². The molecule has 0 bridgehead atoms. The highest BCUT2D eigenvalue weighted by Crippen LogP contribution is 2.14. The lowest BCUT2D eigenvalue weighted by molar-refractivity contribution is 0.563. The number of rotatable bonds is 6. The van der Waals surface area contributed by atoms with Gasteiger partial charge in [-0.3, -0.25) is 9.97 Å². The first-order valence-corrected chi connectivity index (χ1v) is 7.47. The molecule has 0 saturated carbocycles. The summed E-state index contributed by atoms with van der Waals surface area (Å²) in [7, 11) is 0. The monoisotopic (exact) mass is 268 g/mol. The Morgan fingerprint density at radius 3 is 2.30 bits per heavy atom. The van der Waals surface area contributed by atoms with E-state index in [1.165, 1.54) is 17.0 Å². The van der Waals surface area contributed by atoms with Gasteiger partial charge in [-0.15, -0.1) is 0 Å². The van der Waals surface area contributed by atoms with Crippen LogP contribution < -0.4 is 0 Å². The van der Waals surface area contributed by atoms with Crippen molar-refractivity contribution in [3.8, 4) is 0 Å². The highest BCUT2D eigenvalue weighted by molar-refractivity contribution is 5.14. The SMILES string of the molecule is CC(C)Cc1cccc(CC(C)Cc2cccnc2)n1. The predicted octanol–water partition coefficient (Wildman–Crippen LogP) is 4.10. The van der Waals surface area contributed by atoms with Gasteiger partial charge in [-0.05, 0) is 54.9 Å². The Balaban J connectivity index is 1.95. The topological polar surface area (TPSA) is 25.8 Å². The number of nitrogens with zero attached hydrogens (tertiary/aromatic N) is 2. The fraction of sp³-hybridized carbons (Fsp3) is 0.444. The maximum Gasteiger partial charge on any atom is 0.0409 e. The quantitative estimate of drug-likeness (QED) is 0.788. The lowest BCUT2D eigenvalue weighted by Crippen LogP contribution is -2.07. The van der Waals surface area contributed by atoms with Crippen LogP contribution in [-0.4, -0.2) is 9.97 Å². The van der Waals surface area contributed by atoms with E-state index in [-0.39, 0.29) is 0 Å². The third-order valence-electron chi connectivity index (χ3n) is 3.35. The average molecular weight is 268 g/mol. The van der Waals surface area contributed by atoms with Crippen molar-refractivity contribution < 1.29 is 0 Å². The van der Waals surface area contributed by atoms with E-state index in [1.54, 1.807) is 0 Å². The maximum absolute atomic E-state index is 4.78. The molecule has 2 rings (SSSR count). The average Bonchev–Trinajstić information content (AvgIpc) is 2.39. The van der Waals surface area contributed by atoms with Crippen LogP contribution in [0.15, 0.2) is 42.7 Å². The smallest absolute Gasteiger partial charge is 0.0409 e. The molecule has 20 heavy (non-hydrogen) atoms. The molecule has 1 atom stereocenters. The highest BCUT2D eigenvalue weighted by atomic mass is 14.7. The molecule has 0 spiro atoms. The third kappa shape index (κ3) is 4.76. The molecule has 2 heteroatoms. The molecule has 2 aromatic rings. The van der Waals surface area contributed by atoms with Gasteiger partial charge in [-0.2, -0.15) is 0 Å². The first-order chi connectivity index (χ1) is 9.63. The first kappa shape index (κ1) is 14.7. The Kier molecular flexibility index (Phi) is 5.28. The maximum atomic E-state index is 4.78. The highest BCUT2D eigenvalue weighted by Gasteiger charge is 2.07. The molecule has 2 aromatic heterocycles. The molecule has 2 nitrogen and oxygen atoms in total. The minimum absolute atomic E-state index is 0.584. The summed E-state index contributed by atoms with van der Waals surface area (Å²) in [6.07, 6.45) is 6.93. The first-order valence-electron chi connectivity index (χ1n) is 7.47. The van der Waals surface area contributed by atoms with Crippen molar-refractivity contribution in [1.29, 1.82) is 0 Å². The van der Waals surface area contributed by atoms with Crippen LogP contribution in [0.25, 0.3) is 0 Å². The van der Waals surface area contributed by atoms with Crippen LogP contribution in [0.5, 0.6) is 0 Å². The molecule has 2 heterocycles. The molecule has 0 amide bonds. The summed E-state index contributed by atoms with van der Waals surface area (Å²) in [6.45, 7) is 6.75. The Bertz CT molecular complexity index is 520. The largest absolute Gasteiger partial charge is 0.264 e. The van der Waals surface area contributed by atoms with E-state index in [0.717, 1.165) is 19.3 Å². The molecule has 0 radical (unpaired) electrons. The number of hydrogen-bond acceptors (Lipinski definition) is 2. The third-order valence-corrected chi connectivity index (χ3v) is 3.35. The Labute approximate surface area is 122 Å². The Morgan fingerprint density at radius 2 is 1.65 bits per heavy atom. The van der Waals surface area contributed by atoms with Gasteiger partial charge in [-0.25, -0.2) is 0 Å². The van der Waals surface area contributed by atoms with Gasteiger partial charge in [0.25, 0.3) is 0 Å². The van der Waals surface area contributed by atoms with E-state index in [9.17, 15) is 0 Å². The van der Waals surface area contributed by atoms with E-state index < -0.39 is 0 Å². The van der Waals surface area contributed by atoms with E-state index in [2.05, 4.69) is 50.0 Å². The van der Waals surface area contributed by atoms with Crippen molar-refractivity contribution in [3.63, 3.8) is 0 Å². The van der Waals surface area contributed by atoms with Crippen LogP contribution in [0.3, 0.4) is 0 Å². The molecular formula is C18H24N2.